The number of carbonyl (C=O) groups excluding carboxylic acids is 1. The summed E-state index contributed by atoms with van der Waals surface area (Å²) in [5.41, 5.74) is 0.483. The van der Waals surface area contributed by atoms with Crippen LogP contribution in [0.5, 0.6) is 11.5 Å². The summed E-state index contributed by atoms with van der Waals surface area (Å²) in [6, 6.07) is 11.0. The van der Waals surface area contributed by atoms with Crippen molar-refractivity contribution in [1.82, 2.24) is 9.88 Å². The van der Waals surface area contributed by atoms with Crippen molar-refractivity contribution in [3.05, 3.63) is 52.8 Å². The van der Waals surface area contributed by atoms with Crippen LogP contribution >= 0.6 is 12.2 Å². The van der Waals surface area contributed by atoms with Gasteiger partial charge in [0, 0.05) is 13.2 Å². The molecular formula is C16H16N2O3S. The summed E-state index contributed by atoms with van der Waals surface area (Å²) in [4.78, 5) is 16.9. The highest BCUT2D eigenvalue weighted by molar-refractivity contribution is 7.71. The van der Waals surface area contributed by atoms with E-state index in [1.807, 2.05) is 24.3 Å². The molecule has 0 saturated heterocycles. The second-order valence-corrected chi connectivity index (χ2v) is 5.50. The van der Waals surface area contributed by atoms with Gasteiger partial charge in [-0.3, -0.25) is 4.79 Å². The molecule has 5 nitrogen and oxygen atoms in total. The van der Waals surface area contributed by atoms with E-state index in [1.165, 1.54) is 0 Å². The largest absolute Gasteiger partial charge is 0.486 e. The predicted molar refractivity (Wildman–Crippen MR) is 84.9 cm³/mol. The Morgan fingerprint density at radius 1 is 1.32 bits per heavy atom. The Morgan fingerprint density at radius 2 is 2.09 bits per heavy atom. The normalized spacial score (nSPS) is 16.1. The number of fused-ring (bicyclic) bond motifs is 1. The number of H-pyrrole nitrogens is 1. The van der Waals surface area contributed by atoms with Gasteiger partial charge in [-0.05, 0) is 24.3 Å². The van der Waals surface area contributed by atoms with E-state index >= 15 is 0 Å². The van der Waals surface area contributed by atoms with E-state index in [2.05, 4.69) is 4.98 Å². The molecule has 0 spiro atoms. The molecule has 6 heteroatoms. The maximum absolute atomic E-state index is 12.4. The topological polar surface area (TPSA) is 54.6 Å². The van der Waals surface area contributed by atoms with Crippen LogP contribution in [0.25, 0.3) is 0 Å². The SMILES string of the molecule is CN(C[C@H]1COc2ccccc2O1)C(=O)c1ccc[nH]c1=S. The zero-order valence-corrected chi connectivity index (χ0v) is 12.9. The van der Waals surface area contributed by atoms with E-state index in [9.17, 15) is 4.79 Å². The number of hydrogen-bond donors (Lipinski definition) is 1. The molecule has 2 heterocycles. The summed E-state index contributed by atoms with van der Waals surface area (Å²) < 4.78 is 12.0. The van der Waals surface area contributed by atoms with Crippen LogP contribution in [0.15, 0.2) is 42.6 Å². The smallest absolute Gasteiger partial charge is 0.256 e. The lowest BCUT2D eigenvalue weighted by Crippen LogP contribution is -2.41. The van der Waals surface area contributed by atoms with E-state index in [1.54, 1.807) is 30.3 Å². The number of hydrogen-bond acceptors (Lipinski definition) is 4. The third kappa shape index (κ3) is 2.96. The Hall–Kier alpha value is -2.34. The molecule has 0 unspecified atom stereocenters. The molecule has 0 aliphatic carbocycles. The summed E-state index contributed by atoms with van der Waals surface area (Å²) in [6.07, 6.45) is 1.50. The van der Waals surface area contributed by atoms with Crippen LogP contribution in [-0.4, -0.2) is 42.1 Å². The fraction of sp³-hybridized carbons (Fsp3) is 0.250. The highest BCUT2D eigenvalue weighted by Gasteiger charge is 2.24. The molecule has 0 fully saturated rings. The van der Waals surface area contributed by atoms with Crippen molar-refractivity contribution in [3.63, 3.8) is 0 Å². The van der Waals surface area contributed by atoms with Crippen molar-refractivity contribution in [1.29, 1.82) is 0 Å². The average Bonchev–Trinajstić information content (AvgIpc) is 2.54. The minimum atomic E-state index is -0.204. The van der Waals surface area contributed by atoms with Gasteiger partial charge in [0.25, 0.3) is 5.91 Å². The first-order valence-corrected chi connectivity index (χ1v) is 7.37. The van der Waals surface area contributed by atoms with Gasteiger partial charge in [0.1, 0.15) is 11.2 Å². The number of likely N-dealkylation sites (N-methyl/N-ethyl adjacent to an activating group) is 1. The van der Waals surface area contributed by atoms with E-state index in [4.69, 9.17) is 21.7 Å². The number of nitrogens with one attached hydrogen (secondary N) is 1. The highest BCUT2D eigenvalue weighted by Crippen LogP contribution is 2.31. The standard InChI is InChI=1S/C16H16N2O3S/c1-18(16(19)12-5-4-8-17-15(12)22)9-11-10-20-13-6-2-3-7-14(13)21-11/h2-8,11H,9-10H2,1H3,(H,17,22)/t11-/m0/s1. The van der Waals surface area contributed by atoms with Crippen LogP contribution in [0.1, 0.15) is 10.4 Å². The number of aromatic nitrogens is 1. The van der Waals surface area contributed by atoms with Gasteiger partial charge in [-0.25, -0.2) is 0 Å². The Balaban J connectivity index is 1.68. The van der Waals surface area contributed by atoms with Crippen molar-refractivity contribution in [2.24, 2.45) is 0 Å². The molecule has 22 heavy (non-hydrogen) atoms. The van der Waals surface area contributed by atoms with Gasteiger partial charge in [-0.2, -0.15) is 0 Å². The van der Waals surface area contributed by atoms with E-state index in [0.717, 1.165) is 5.75 Å². The fourth-order valence-corrected chi connectivity index (χ4v) is 2.56. The Kier molecular flexibility index (Phi) is 4.11. The molecule has 0 bridgehead atoms. The molecule has 1 atom stereocenters. The minimum Gasteiger partial charge on any atom is -0.486 e. The molecule has 1 aromatic carbocycles. The molecule has 1 aromatic heterocycles. The number of pyridine rings is 1. The van der Waals surface area contributed by atoms with E-state index in [0.29, 0.717) is 29.1 Å². The number of nitrogens with zero attached hydrogens (tertiary/aromatic N) is 1. The van der Waals surface area contributed by atoms with Crippen molar-refractivity contribution < 1.29 is 14.3 Å². The van der Waals surface area contributed by atoms with Gasteiger partial charge in [0.15, 0.2) is 17.6 Å². The van der Waals surface area contributed by atoms with Crippen LogP contribution in [-0.2, 0) is 0 Å². The first-order chi connectivity index (χ1) is 10.6. The quantitative estimate of drug-likeness (QED) is 0.885. The summed E-state index contributed by atoms with van der Waals surface area (Å²) in [5.74, 6) is 1.30. The third-order valence-corrected chi connectivity index (χ3v) is 3.78. The van der Waals surface area contributed by atoms with E-state index < -0.39 is 0 Å². The lowest BCUT2D eigenvalue weighted by atomic mass is 10.2. The Morgan fingerprint density at radius 3 is 2.86 bits per heavy atom. The van der Waals surface area contributed by atoms with Crippen LogP contribution in [0.2, 0.25) is 0 Å². The highest BCUT2D eigenvalue weighted by atomic mass is 32.1. The van der Waals surface area contributed by atoms with Crippen molar-refractivity contribution in [2.75, 3.05) is 20.2 Å². The van der Waals surface area contributed by atoms with Gasteiger partial charge < -0.3 is 19.4 Å². The molecule has 3 rings (SSSR count). The Bertz CT molecular complexity index is 744. The van der Waals surface area contributed by atoms with Crippen LogP contribution in [0, 0.1) is 4.64 Å². The summed E-state index contributed by atoms with van der Waals surface area (Å²) >= 11 is 5.14. The second-order valence-electron chi connectivity index (χ2n) is 5.10. The average molecular weight is 316 g/mol. The first-order valence-electron chi connectivity index (χ1n) is 6.97. The summed E-state index contributed by atoms with van der Waals surface area (Å²) in [7, 11) is 1.73. The predicted octanol–water partition coefficient (Wildman–Crippen LogP) is 2.66. The molecule has 1 N–H and O–H groups in total. The van der Waals surface area contributed by atoms with Crippen LogP contribution in [0.4, 0.5) is 0 Å². The van der Waals surface area contributed by atoms with Gasteiger partial charge in [-0.15, -0.1) is 0 Å². The molecule has 0 radical (unpaired) electrons. The molecule has 114 valence electrons. The number of rotatable bonds is 3. The fourth-order valence-electron chi connectivity index (χ4n) is 2.34. The zero-order valence-electron chi connectivity index (χ0n) is 12.1. The van der Waals surface area contributed by atoms with Gasteiger partial charge in [-0.1, -0.05) is 24.4 Å². The lowest BCUT2D eigenvalue weighted by molar-refractivity contribution is 0.0520. The molecule has 1 aliphatic rings. The number of para-hydroxylation sites is 2. The van der Waals surface area contributed by atoms with Crippen molar-refractivity contribution in [2.45, 2.75) is 6.10 Å². The third-order valence-electron chi connectivity index (χ3n) is 3.44. The minimum absolute atomic E-state index is 0.135. The molecular weight excluding hydrogens is 300 g/mol. The molecule has 1 aliphatic heterocycles. The monoisotopic (exact) mass is 316 g/mol. The number of ether oxygens (including phenoxy) is 2. The maximum Gasteiger partial charge on any atom is 0.256 e. The summed E-state index contributed by atoms with van der Waals surface area (Å²) in [6.45, 7) is 0.840. The lowest BCUT2D eigenvalue weighted by Gasteiger charge is -2.29. The summed E-state index contributed by atoms with van der Waals surface area (Å²) in [5, 5.41) is 0. The van der Waals surface area contributed by atoms with Crippen LogP contribution < -0.4 is 9.47 Å². The maximum atomic E-state index is 12.4. The van der Waals surface area contributed by atoms with Gasteiger partial charge >= 0.3 is 0 Å². The number of amides is 1. The van der Waals surface area contributed by atoms with Crippen molar-refractivity contribution >= 4 is 18.1 Å². The molecule has 2 aromatic rings. The van der Waals surface area contributed by atoms with Gasteiger partial charge in [0.2, 0.25) is 0 Å². The van der Waals surface area contributed by atoms with Crippen LogP contribution in [0.3, 0.4) is 0 Å². The molecule has 0 saturated carbocycles. The first kappa shape index (κ1) is 14.6. The zero-order chi connectivity index (χ0) is 15.5. The second kappa shape index (κ2) is 6.19. The Labute approximate surface area is 133 Å². The number of carbonyl (C=O) groups is 1. The number of aromatic amines is 1. The van der Waals surface area contributed by atoms with E-state index in [-0.39, 0.29) is 12.0 Å². The number of benzene rings is 1. The van der Waals surface area contributed by atoms with Gasteiger partial charge in [0.05, 0.1) is 12.1 Å². The molecule has 1 amide bonds. The van der Waals surface area contributed by atoms with Crippen molar-refractivity contribution in [3.8, 4) is 11.5 Å².